The Labute approximate surface area is 136 Å². The van der Waals surface area contributed by atoms with Crippen molar-refractivity contribution in [3.63, 3.8) is 0 Å². The second kappa shape index (κ2) is 7.41. The summed E-state index contributed by atoms with van der Waals surface area (Å²) in [5, 5.41) is 12.5. The molecular formula is C18H25FN2O2. The number of aliphatic hydroxyl groups excluding tert-OH is 1. The predicted octanol–water partition coefficient (Wildman–Crippen LogP) is 1.89. The van der Waals surface area contributed by atoms with Crippen LogP contribution in [0.4, 0.5) is 4.39 Å². The topological polar surface area (TPSA) is 52.6 Å². The lowest BCUT2D eigenvalue weighted by Gasteiger charge is -2.29. The first kappa shape index (κ1) is 16.4. The van der Waals surface area contributed by atoms with Crippen molar-refractivity contribution in [3.8, 4) is 0 Å². The maximum Gasteiger partial charge on any atom is 0.223 e. The van der Waals surface area contributed by atoms with Gasteiger partial charge in [0, 0.05) is 25.6 Å². The number of hydrogen-bond acceptors (Lipinski definition) is 3. The van der Waals surface area contributed by atoms with Crippen LogP contribution in [0.2, 0.25) is 0 Å². The number of aliphatic hydroxyl groups is 1. The van der Waals surface area contributed by atoms with Gasteiger partial charge in [-0.2, -0.15) is 0 Å². The van der Waals surface area contributed by atoms with Gasteiger partial charge < -0.3 is 15.3 Å². The van der Waals surface area contributed by atoms with Crippen LogP contribution in [0, 0.1) is 11.7 Å². The third-order valence-corrected chi connectivity index (χ3v) is 4.91. The Morgan fingerprint density at radius 3 is 2.87 bits per heavy atom. The lowest BCUT2D eigenvalue weighted by Crippen LogP contribution is -2.37. The minimum absolute atomic E-state index is 0.00179. The van der Waals surface area contributed by atoms with Gasteiger partial charge in [-0.05, 0) is 55.8 Å². The number of carbonyl (C=O) groups is 1. The Morgan fingerprint density at radius 2 is 2.13 bits per heavy atom. The molecule has 4 nitrogen and oxygen atoms in total. The predicted molar refractivity (Wildman–Crippen MR) is 86.6 cm³/mol. The molecule has 1 aliphatic carbocycles. The minimum Gasteiger partial charge on any atom is -0.393 e. The zero-order chi connectivity index (χ0) is 16.2. The summed E-state index contributed by atoms with van der Waals surface area (Å²) in [7, 11) is 0. The Kier molecular flexibility index (Phi) is 5.28. The number of rotatable bonds is 6. The summed E-state index contributed by atoms with van der Waals surface area (Å²) in [5.41, 5.74) is 0.928. The van der Waals surface area contributed by atoms with Gasteiger partial charge in [-0.3, -0.25) is 4.79 Å². The lowest BCUT2D eigenvalue weighted by molar-refractivity contribution is -0.122. The number of amides is 1. The van der Waals surface area contributed by atoms with Gasteiger partial charge >= 0.3 is 0 Å². The first-order chi connectivity index (χ1) is 11.1. The van der Waals surface area contributed by atoms with Gasteiger partial charge in [-0.25, -0.2) is 4.39 Å². The summed E-state index contributed by atoms with van der Waals surface area (Å²) in [6, 6.07) is 6.56. The highest BCUT2D eigenvalue weighted by atomic mass is 19.1. The van der Waals surface area contributed by atoms with E-state index in [1.807, 2.05) is 6.07 Å². The van der Waals surface area contributed by atoms with Crippen molar-refractivity contribution in [2.45, 2.75) is 37.7 Å². The van der Waals surface area contributed by atoms with Crippen LogP contribution in [-0.2, 0) is 4.79 Å². The number of hydrogen-bond donors (Lipinski definition) is 2. The third-order valence-electron chi connectivity index (χ3n) is 4.91. The molecule has 2 aliphatic rings. The lowest BCUT2D eigenvalue weighted by atomic mass is 10.1. The first-order valence-electron chi connectivity index (χ1n) is 8.57. The van der Waals surface area contributed by atoms with Crippen molar-refractivity contribution in [2.24, 2.45) is 5.92 Å². The largest absolute Gasteiger partial charge is 0.393 e. The number of likely N-dealkylation sites (tertiary alicyclic amines) is 1. The van der Waals surface area contributed by atoms with Crippen molar-refractivity contribution in [1.29, 1.82) is 0 Å². The minimum atomic E-state index is -0.236. The quantitative estimate of drug-likeness (QED) is 0.787. The van der Waals surface area contributed by atoms with E-state index in [1.165, 1.54) is 12.1 Å². The molecule has 1 amide bonds. The second-order valence-electron chi connectivity index (χ2n) is 6.72. The van der Waals surface area contributed by atoms with E-state index in [0.29, 0.717) is 6.54 Å². The summed E-state index contributed by atoms with van der Waals surface area (Å²) in [4.78, 5) is 14.5. The normalized spacial score (nSPS) is 25.3. The van der Waals surface area contributed by atoms with E-state index in [1.54, 1.807) is 6.07 Å². The molecule has 1 heterocycles. The van der Waals surface area contributed by atoms with Gasteiger partial charge in [0.1, 0.15) is 5.82 Å². The van der Waals surface area contributed by atoms with Crippen LogP contribution in [0.1, 0.15) is 37.2 Å². The summed E-state index contributed by atoms with van der Waals surface area (Å²) in [6.45, 7) is 3.54. The molecule has 2 unspecified atom stereocenters. The van der Waals surface area contributed by atoms with Crippen molar-refractivity contribution < 1.29 is 14.3 Å². The monoisotopic (exact) mass is 320 g/mol. The fraction of sp³-hybridized carbons (Fsp3) is 0.611. The summed E-state index contributed by atoms with van der Waals surface area (Å²) in [6.07, 6.45) is 3.31. The number of carbonyl (C=O) groups excluding carboxylic acids is 1. The van der Waals surface area contributed by atoms with E-state index in [0.717, 1.165) is 50.9 Å². The van der Waals surface area contributed by atoms with Gasteiger partial charge in [-0.15, -0.1) is 0 Å². The van der Waals surface area contributed by atoms with E-state index in [-0.39, 0.29) is 29.7 Å². The molecule has 1 saturated heterocycles. The second-order valence-corrected chi connectivity index (χ2v) is 6.72. The summed E-state index contributed by atoms with van der Waals surface area (Å²) in [5.74, 6) is 0.0322. The van der Waals surface area contributed by atoms with Crippen LogP contribution in [-0.4, -0.2) is 48.2 Å². The number of nitrogens with zero attached hydrogens (tertiary/aromatic N) is 1. The highest BCUT2D eigenvalue weighted by Crippen LogP contribution is 2.47. The van der Waals surface area contributed by atoms with Crippen molar-refractivity contribution in [2.75, 3.05) is 26.2 Å². The molecule has 1 aromatic rings. The van der Waals surface area contributed by atoms with Crippen LogP contribution >= 0.6 is 0 Å². The Hall–Kier alpha value is -1.46. The Morgan fingerprint density at radius 1 is 1.35 bits per heavy atom. The average molecular weight is 320 g/mol. The fourth-order valence-corrected chi connectivity index (χ4v) is 3.38. The number of nitrogens with one attached hydrogen (secondary N) is 1. The molecule has 1 aromatic carbocycles. The van der Waals surface area contributed by atoms with Crippen LogP contribution in [0.25, 0.3) is 0 Å². The smallest absolute Gasteiger partial charge is 0.223 e. The molecule has 0 aromatic heterocycles. The Balaban J connectivity index is 1.33. The SMILES string of the molecule is O=C(NCCCN1CCC(O)CC1)C1CC1c1cccc(F)c1. The third kappa shape index (κ3) is 4.52. The van der Waals surface area contributed by atoms with Crippen LogP contribution < -0.4 is 5.32 Å². The van der Waals surface area contributed by atoms with Gasteiger partial charge in [-0.1, -0.05) is 12.1 Å². The van der Waals surface area contributed by atoms with E-state index >= 15 is 0 Å². The van der Waals surface area contributed by atoms with Crippen LogP contribution in [0.15, 0.2) is 24.3 Å². The molecule has 2 atom stereocenters. The van der Waals surface area contributed by atoms with E-state index in [9.17, 15) is 14.3 Å². The van der Waals surface area contributed by atoms with E-state index < -0.39 is 0 Å². The molecule has 126 valence electrons. The average Bonchev–Trinajstić information content (AvgIpc) is 3.34. The molecule has 1 aliphatic heterocycles. The standard InChI is InChI=1S/C18H25FN2O2/c19-14-4-1-3-13(11-14)16-12-17(16)18(23)20-7-2-8-21-9-5-15(22)6-10-21/h1,3-4,11,15-17,22H,2,5-10,12H2,(H,20,23). The molecule has 1 saturated carbocycles. The number of benzene rings is 1. The van der Waals surface area contributed by atoms with Gasteiger partial charge in [0.25, 0.3) is 0 Å². The van der Waals surface area contributed by atoms with E-state index in [2.05, 4.69) is 10.2 Å². The highest BCUT2D eigenvalue weighted by Gasteiger charge is 2.43. The molecule has 3 rings (SSSR count). The number of piperidine rings is 1. The zero-order valence-electron chi connectivity index (χ0n) is 13.4. The molecule has 2 N–H and O–H groups in total. The van der Waals surface area contributed by atoms with Crippen LogP contribution in [0.3, 0.4) is 0 Å². The van der Waals surface area contributed by atoms with Crippen molar-refractivity contribution >= 4 is 5.91 Å². The molecule has 0 spiro atoms. The van der Waals surface area contributed by atoms with E-state index in [4.69, 9.17) is 0 Å². The van der Waals surface area contributed by atoms with Crippen molar-refractivity contribution in [3.05, 3.63) is 35.6 Å². The molecule has 0 radical (unpaired) electrons. The first-order valence-corrected chi connectivity index (χ1v) is 8.57. The van der Waals surface area contributed by atoms with Crippen molar-refractivity contribution in [1.82, 2.24) is 10.2 Å². The molecule has 0 bridgehead atoms. The molecule has 5 heteroatoms. The maximum atomic E-state index is 13.2. The van der Waals surface area contributed by atoms with Gasteiger partial charge in [0.05, 0.1) is 6.10 Å². The highest BCUT2D eigenvalue weighted by molar-refractivity contribution is 5.82. The fourth-order valence-electron chi connectivity index (χ4n) is 3.38. The van der Waals surface area contributed by atoms with Crippen LogP contribution in [0.5, 0.6) is 0 Å². The molecular weight excluding hydrogens is 295 g/mol. The van der Waals surface area contributed by atoms with Gasteiger partial charge in [0.2, 0.25) is 5.91 Å². The Bertz CT molecular complexity index is 544. The summed E-state index contributed by atoms with van der Waals surface area (Å²) < 4.78 is 13.2. The zero-order valence-corrected chi connectivity index (χ0v) is 13.4. The molecule has 23 heavy (non-hydrogen) atoms. The van der Waals surface area contributed by atoms with Gasteiger partial charge in [0.15, 0.2) is 0 Å². The molecule has 2 fully saturated rings. The summed E-state index contributed by atoms with van der Waals surface area (Å²) >= 11 is 0. The number of halogens is 1. The maximum absolute atomic E-state index is 13.2.